The zero-order valence-electron chi connectivity index (χ0n) is 13.8. The highest BCUT2D eigenvalue weighted by atomic mass is 35.5. The molecular weight excluding hydrogens is 296 g/mol. The maximum atomic E-state index is 12.4. The van der Waals surface area contributed by atoms with Crippen LogP contribution in [0.1, 0.15) is 58.3 Å². The van der Waals surface area contributed by atoms with Gasteiger partial charge in [0.15, 0.2) is 0 Å². The van der Waals surface area contributed by atoms with Crippen molar-refractivity contribution in [3.8, 4) is 0 Å². The van der Waals surface area contributed by atoms with Crippen LogP contribution in [0.2, 0.25) is 0 Å². The molecule has 0 aromatic heterocycles. The van der Waals surface area contributed by atoms with Gasteiger partial charge in [0.25, 0.3) is 0 Å². The molecule has 4 saturated carbocycles. The molecule has 0 aromatic rings. The lowest BCUT2D eigenvalue weighted by molar-refractivity contribution is -0.126. The quantitative estimate of drug-likeness (QED) is 0.833. The maximum Gasteiger partial charge on any atom is 0.220 e. The van der Waals surface area contributed by atoms with Crippen LogP contribution in [0.25, 0.3) is 0 Å². The fourth-order valence-electron chi connectivity index (χ4n) is 6.31. The number of halogens is 1. The average molecular weight is 327 g/mol. The van der Waals surface area contributed by atoms with Gasteiger partial charge in [0, 0.05) is 12.5 Å². The van der Waals surface area contributed by atoms with Crippen LogP contribution in [0.5, 0.6) is 0 Å². The summed E-state index contributed by atoms with van der Waals surface area (Å²) in [5, 5.41) is 6.76. The van der Waals surface area contributed by atoms with Gasteiger partial charge >= 0.3 is 0 Å². The Bertz CT molecular complexity index is 384. The predicted molar refractivity (Wildman–Crippen MR) is 91.1 cm³/mol. The van der Waals surface area contributed by atoms with Crippen LogP contribution in [-0.2, 0) is 4.79 Å². The fourth-order valence-corrected chi connectivity index (χ4v) is 6.31. The van der Waals surface area contributed by atoms with Crippen LogP contribution in [0.15, 0.2) is 0 Å². The summed E-state index contributed by atoms with van der Waals surface area (Å²) in [4.78, 5) is 12.4. The van der Waals surface area contributed by atoms with Crippen LogP contribution in [-0.4, -0.2) is 25.0 Å². The molecule has 22 heavy (non-hydrogen) atoms. The monoisotopic (exact) mass is 326 g/mol. The van der Waals surface area contributed by atoms with E-state index < -0.39 is 0 Å². The topological polar surface area (TPSA) is 41.1 Å². The first-order valence-electron chi connectivity index (χ1n) is 9.13. The van der Waals surface area contributed by atoms with E-state index in [0.29, 0.717) is 23.3 Å². The SMILES string of the molecule is CC(NC(=O)CC1CCNC1)C12CC3CC(CC(C3)C1)C2.Cl. The van der Waals surface area contributed by atoms with Crippen molar-refractivity contribution in [1.29, 1.82) is 0 Å². The summed E-state index contributed by atoms with van der Waals surface area (Å²) in [6, 6.07) is 0.382. The average Bonchev–Trinajstić information content (AvgIpc) is 2.89. The molecule has 4 heteroatoms. The maximum absolute atomic E-state index is 12.4. The molecule has 5 rings (SSSR count). The number of amides is 1. The van der Waals surface area contributed by atoms with Gasteiger partial charge in [-0.05, 0) is 94.0 Å². The lowest BCUT2D eigenvalue weighted by Gasteiger charge is -2.59. The summed E-state index contributed by atoms with van der Waals surface area (Å²) in [7, 11) is 0. The minimum Gasteiger partial charge on any atom is -0.353 e. The molecule has 5 fully saturated rings. The van der Waals surface area contributed by atoms with E-state index in [9.17, 15) is 4.79 Å². The van der Waals surface area contributed by atoms with E-state index in [1.165, 1.54) is 44.9 Å². The molecule has 4 bridgehead atoms. The van der Waals surface area contributed by atoms with Gasteiger partial charge in [-0.3, -0.25) is 4.79 Å². The summed E-state index contributed by atoms with van der Waals surface area (Å²) in [6.45, 7) is 4.40. The Hall–Kier alpha value is -0.280. The van der Waals surface area contributed by atoms with Crippen molar-refractivity contribution in [2.75, 3.05) is 13.1 Å². The highest BCUT2D eigenvalue weighted by Crippen LogP contribution is 2.61. The second-order valence-electron chi connectivity index (χ2n) is 8.63. The lowest BCUT2D eigenvalue weighted by atomic mass is 9.48. The second-order valence-corrected chi connectivity index (χ2v) is 8.63. The predicted octanol–water partition coefficient (Wildman–Crippen LogP) is 3.13. The second kappa shape index (κ2) is 6.32. The molecule has 2 atom stereocenters. The largest absolute Gasteiger partial charge is 0.353 e. The van der Waals surface area contributed by atoms with Gasteiger partial charge in [-0.25, -0.2) is 0 Å². The van der Waals surface area contributed by atoms with Gasteiger partial charge < -0.3 is 10.6 Å². The van der Waals surface area contributed by atoms with Crippen LogP contribution in [0, 0.1) is 29.1 Å². The zero-order chi connectivity index (χ0) is 14.4. The Labute approximate surface area is 140 Å². The molecule has 1 saturated heterocycles. The van der Waals surface area contributed by atoms with Crippen molar-refractivity contribution in [2.45, 2.75) is 64.3 Å². The molecule has 0 spiro atoms. The highest BCUT2D eigenvalue weighted by molar-refractivity contribution is 5.85. The summed E-state index contributed by atoms with van der Waals surface area (Å²) in [6.07, 6.45) is 10.5. The molecule has 1 aliphatic heterocycles. The Morgan fingerprint density at radius 3 is 2.27 bits per heavy atom. The third-order valence-electron chi connectivity index (χ3n) is 7.02. The molecule has 0 aromatic carbocycles. The highest BCUT2D eigenvalue weighted by Gasteiger charge is 2.53. The third-order valence-corrected chi connectivity index (χ3v) is 7.02. The number of nitrogens with one attached hydrogen (secondary N) is 2. The molecule has 3 nitrogen and oxygen atoms in total. The Morgan fingerprint density at radius 2 is 1.77 bits per heavy atom. The first-order chi connectivity index (χ1) is 10.1. The van der Waals surface area contributed by atoms with Gasteiger partial charge in [-0.2, -0.15) is 0 Å². The summed E-state index contributed by atoms with van der Waals surface area (Å²) < 4.78 is 0. The molecule has 5 aliphatic rings. The summed E-state index contributed by atoms with van der Waals surface area (Å²) in [5.74, 6) is 3.76. The van der Waals surface area contributed by atoms with Gasteiger partial charge in [0.05, 0.1) is 0 Å². The van der Waals surface area contributed by atoms with Gasteiger partial charge in [0.2, 0.25) is 5.91 Å². The Balaban J connectivity index is 0.00000144. The first kappa shape index (κ1) is 16.6. The van der Waals surface area contributed by atoms with Gasteiger partial charge in [-0.1, -0.05) is 0 Å². The van der Waals surface area contributed by atoms with Crippen LogP contribution >= 0.6 is 12.4 Å². The molecule has 4 aliphatic carbocycles. The van der Waals surface area contributed by atoms with E-state index >= 15 is 0 Å². The standard InChI is InChI=1S/C18H30N2O.ClH/c1-12(20-17(21)7-13-2-3-19-11-13)18-8-14-4-15(9-18)6-16(5-14)10-18;/h12-16,19H,2-11H2,1H3,(H,20,21);1H. The van der Waals surface area contributed by atoms with Crippen molar-refractivity contribution in [3.05, 3.63) is 0 Å². The Kier molecular flexibility index (Phi) is 4.76. The van der Waals surface area contributed by atoms with Crippen LogP contribution in [0.3, 0.4) is 0 Å². The lowest BCUT2D eigenvalue weighted by Crippen LogP contribution is -2.55. The van der Waals surface area contributed by atoms with Crippen LogP contribution < -0.4 is 10.6 Å². The number of rotatable bonds is 4. The Morgan fingerprint density at radius 1 is 1.18 bits per heavy atom. The number of carbonyl (C=O) groups is 1. The molecular formula is C18H31ClN2O. The van der Waals surface area contributed by atoms with Crippen molar-refractivity contribution in [2.24, 2.45) is 29.1 Å². The third kappa shape index (κ3) is 3.03. The number of hydrogen-bond acceptors (Lipinski definition) is 2. The smallest absolute Gasteiger partial charge is 0.220 e. The molecule has 1 heterocycles. The molecule has 0 radical (unpaired) electrons. The van der Waals surface area contributed by atoms with E-state index in [1.807, 2.05) is 0 Å². The van der Waals surface area contributed by atoms with Crippen LogP contribution in [0.4, 0.5) is 0 Å². The normalized spacial score (nSPS) is 43.7. The number of carbonyl (C=O) groups excluding carboxylic acids is 1. The fraction of sp³-hybridized carbons (Fsp3) is 0.944. The molecule has 126 valence electrons. The van der Waals surface area contributed by atoms with Crippen molar-refractivity contribution >= 4 is 18.3 Å². The van der Waals surface area contributed by atoms with E-state index in [0.717, 1.165) is 37.3 Å². The van der Waals surface area contributed by atoms with Gasteiger partial charge in [-0.15, -0.1) is 12.4 Å². The minimum absolute atomic E-state index is 0. The first-order valence-corrected chi connectivity index (χ1v) is 9.13. The van der Waals surface area contributed by atoms with E-state index in [1.54, 1.807) is 0 Å². The molecule has 1 amide bonds. The van der Waals surface area contributed by atoms with E-state index in [4.69, 9.17) is 0 Å². The minimum atomic E-state index is 0. The van der Waals surface area contributed by atoms with Gasteiger partial charge in [0.1, 0.15) is 0 Å². The summed E-state index contributed by atoms with van der Waals surface area (Å²) in [5.41, 5.74) is 0.443. The van der Waals surface area contributed by atoms with E-state index in [-0.39, 0.29) is 12.4 Å². The summed E-state index contributed by atoms with van der Waals surface area (Å²) >= 11 is 0. The van der Waals surface area contributed by atoms with Crippen molar-refractivity contribution < 1.29 is 4.79 Å². The molecule has 2 N–H and O–H groups in total. The molecule has 2 unspecified atom stereocenters. The van der Waals surface area contributed by atoms with Crippen molar-refractivity contribution in [3.63, 3.8) is 0 Å². The van der Waals surface area contributed by atoms with Crippen molar-refractivity contribution in [1.82, 2.24) is 10.6 Å². The zero-order valence-corrected chi connectivity index (χ0v) is 14.6. The number of hydrogen-bond donors (Lipinski definition) is 2. The van der Waals surface area contributed by atoms with E-state index in [2.05, 4.69) is 17.6 Å².